The minimum atomic E-state index is -0.857. The molecule has 0 spiro atoms. The van der Waals surface area contributed by atoms with Crippen LogP contribution in [-0.4, -0.2) is 24.2 Å². The van der Waals surface area contributed by atoms with Crippen molar-refractivity contribution in [2.45, 2.75) is 13.3 Å². The molecule has 0 saturated heterocycles. The standard InChI is InChI=1S/C13H17NO2/c1-11(13(15)16)7-9-14-10-8-12-5-3-2-4-6-12/h2-7,14H,8-10H2,1H3,(H,15,16). The Kier molecular flexibility index (Phi) is 5.29. The van der Waals surface area contributed by atoms with Gasteiger partial charge in [-0.2, -0.15) is 0 Å². The Morgan fingerprint density at radius 3 is 2.69 bits per heavy atom. The van der Waals surface area contributed by atoms with Crippen LogP contribution in [0.25, 0.3) is 0 Å². The van der Waals surface area contributed by atoms with E-state index in [1.807, 2.05) is 18.2 Å². The van der Waals surface area contributed by atoms with Crippen molar-refractivity contribution < 1.29 is 9.90 Å². The molecule has 0 aliphatic heterocycles. The number of carbonyl (C=O) groups is 1. The van der Waals surface area contributed by atoms with Crippen molar-refractivity contribution in [3.05, 3.63) is 47.5 Å². The number of hydrogen-bond donors (Lipinski definition) is 2. The Bertz CT molecular complexity index is 357. The summed E-state index contributed by atoms with van der Waals surface area (Å²) in [6.07, 6.45) is 2.65. The molecule has 1 aromatic rings. The first kappa shape index (κ1) is 12.5. The second kappa shape index (κ2) is 6.80. The summed E-state index contributed by atoms with van der Waals surface area (Å²) in [5, 5.41) is 11.8. The molecule has 3 nitrogen and oxygen atoms in total. The van der Waals surface area contributed by atoms with E-state index in [0.717, 1.165) is 13.0 Å². The van der Waals surface area contributed by atoms with E-state index in [2.05, 4.69) is 17.4 Å². The Morgan fingerprint density at radius 2 is 2.06 bits per heavy atom. The second-order valence-electron chi connectivity index (χ2n) is 3.63. The van der Waals surface area contributed by atoms with Crippen LogP contribution in [0.1, 0.15) is 12.5 Å². The molecule has 0 aliphatic rings. The molecule has 0 heterocycles. The molecular formula is C13H17NO2. The van der Waals surface area contributed by atoms with E-state index < -0.39 is 5.97 Å². The van der Waals surface area contributed by atoms with Crippen LogP contribution in [0.3, 0.4) is 0 Å². The first-order valence-electron chi connectivity index (χ1n) is 5.35. The monoisotopic (exact) mass is 219 g/mol. The van der Waals surface area contributed by atoms with Gasteiger partial charge in [0.1, 0.15) is 0 Å². The molecule has 0 unspecified atom stereocenters. The van der Waals surface area contributed by atoms with Gasteiger partial charge in [0.05, 0.1) is 0 Å². The minimum Gasteiger partial charge on any atom is -0.478 e. The normalized spacial score (nSPS) is 11.4. The topological polar surface area (TPSA) is 49.3 Å². The average molecular weight is 219 g/mol. The summed E-state index contributed by atoms with van der Waals surface area (Å²) in [5.41, 5.74) is 1.67. The summed E-state index contributed by atoms with van der Waals surface area (Å²) in [5.74, 6) is -0.857. The third kappa shape index (κ3) is 4.75. The van der Waals surface area contributed by atoms with Gasteiger partial charge in [-0.3, -0.25) is 0 Å². The molecule has 16 heavy (non-hydrogen) atoms. The van der Waals surface area contributed by atoms with Gasteiger partial charge in [0.25, 0.3) is 0 Å². The van der Waals surface area contributed by atoms with E-state index in [9.17, 15) is 4.79 Å². The van der Waals surface area contributed by atoms with E-state index in [1.165, 1.54) is 5.56 Å². The zero-order chi connectivity index (χ0) is 11.8. The summed E-state index contributed by atoms with van der Waals surface area (Å²) in [7, 11) is 0. The van der Waals surface area contributed by atoms with Crippen molar-refractivity contribution in [3.8, 4) is 0 Å². The zero-order valence-corrected chi connectivity index (χ0v) is 9.44. The van der Waals surface area contributed by atoms with Gasteiger partial charge < -0.3 is 10.4 Å². The van der Waals surface area contributed by atoms with Gasteiger partial charge in [0.2, 0.25) is 0 Å². The first-order valence-corrected chi connectivity index (χ1v) is 5.35. The van der Waals surface area contributed by atoms with Crippen molar-refractivity contribution in [2.75, 3.05) is 13.1 Å². The van der Waals surface area contributed by atoms with E-state index >= 15 is 0 Å². The van der Waals surface area contributed by atoms with Crippen molar-refractivity contribution in [1.29, 1.82) is 0 Å². The predicted molar refractivity (Wildman–Crippen MR) is 64.4 cm³/mol. The highest BCUT2D eigenvalue weighted by Gasteiger charge is 1.97. The van der Waals surface area contributed by atoms with Crippen LogP contribution in [0.4, 0.5) is 0 Å². The van der Waals surface area contributed by atoms with Crippen LogP contribution in [0.5, 0.6) is 0 Å². The van der Waals surface area contributed by atoms with Crippen molar-refractivity contribution in [1.82, 2.24) is 5.32 Å². The van der Waals surface area contributed by atoms with Crippen LogP contribution in [0.15, 0.2) is 42.0 Å². The molecule has 0 aromatic heterocycles. The fourth-order valence-corrected chi connectivity index (χ4v) is 1.29. The van der Waals surface area contributed by atoms with Crippen LogP contribution in [0.2, 0.25) is 0 Å². The number of nitrogens with one attached hydrogen (secondary N) is 1. The molecule has 1 rings (SSSR count). The third-order valence-electron chi connectivity index (χ3n) is 2.32. The summed E-state index contributed by atoms with van der Waals surface area (Å²) in [4.78, 5) is 10.5. The number of rotatable bonds is 6. The molecule has 0 amide bonds. The van der Waals surface area contributed by atoms with Gasteiger partial charge >= 0.3 is 5.97 Å². The molecule has 0 fully saturated rings. The maximum atomic E-state index is 10.5. The highest BCUT2D eigenvalue weighted by atomic mass is 16.4. The number of carboxylic acids is 1. The fraction of sp³-hybridized carbons (Fsp3) is 0.308. The zero-order valence-electron chi connectivity index (χ0n) is 9.44. The third-order valence-corrected chi connectivity index (χ3v) is 2.32. The quantitative estimate of drug-likeness (QED) is 0.567. The van der Waals surface area contributed by atoms with Crippen molar-refractivity contribution >= 4 is 5.97 Å². The van der Waals surface area contributed by atoms with Crippen molar-refractivity contribution in [2.24, 2.45) is 0 Å². The summed E-state index contributed by atoms with van der Waals surface area (Å²) in [6, 6.07) is 10.2. The lowest BCUT2D eigenvalue weighted by molar-refractivity contribution is -0.132. The molecule has 0 aliphatic carbocycles. The molecule has 0 radical (unpaired) electrons. The number of hydrogen-bond acceptors (Lipinski definition) is 2. The lowest BCUT2D eigenvalue weighted by atomic mass is 10.1. The highest BCUT2D eigenvalue weighted by molar-refractivity contribution is 5.85. The van der Waals surface area contributed by atoms with Gasteiger partial charge in [-0.1, -0.05) is 36.4 Å². The lowest BCUT2D eigenvalue weighted by Crippen LogP contribution is -2.17. The molecule has 0 bridgehead atoms. The molecule has 0 atom stereocenters. The Hall–Kier alpha value is -1.61. The number of benzene rings is 1. The average Bonchev–Trinajstić information content (AvgIpc) is 2.29. The van der Waals surface area contributed by atoms with E-state index in [0.29, 0.717) is 12.1 Å². The van der Waals surface area contributed by atoms with Gasteiger partial charge in [-0.15, -0.1) is 0 Å². The van der Waals surface area contributed by atoms with Crippen LogP contribution < -0.4 is 5.32 Å². The highest BCUT2D eigenvalue weighted by Crippen LogP contribution is 1.98. The van der Waals surface area contributed by atoms with Crippen LogP contribution in [-0.2, 0) is 11.2 Å². The Balaban J connectivity index is 2.18. The SMILES string of the molecule is CC(=CCNCCc1ccccc1)C(=O)O. The summed E-state index contributed by atoms with van der Waals surface area (Å²) < 4.78 is 0. The smallest absolute Gasteiger partial charge is 0.330 e. The maximum Gasteiger partial charge on any atom is 0.330 e. The molecule has 1 aromatic carbocycles. The maximum absolute atomic E-state index is 10.5. The van der Waals surface area contributed by atoms with Crippen LogP contribution >= 0.6 is 0 Å². The fourth-order valence-electron chi connectivity index (χ4n) is 1.29. The number of carboxylic acid groups (broad SMARTS) is 1. The lowest BCUT2D eigenvalue weighted by Gasteiger charge is -2.02. The first-order chi connectivity index (χ1) is 7.70. The minimum absolute atomic E-state index is 0.382. The van der Waals surface area contributed by atoms with Crippen LogP contribution in [0, 0.1) is 0 Å². The largest absolute Gasteiger partial charge is 0.478 e. The molecule has 86 valence electrons. The molecule has 0 saturated carbocycles. The van der Waals surface area contributed by atoms with Gasteiger partial charge in [-0.05, 0) is 25.5 Å². The molecule has 3 heteroatoms. The summed E-state index contributed by atoms with van der Waals surface area (Å²) in [6.45, 7) is 3.06. The van der Waals surface area contributed by atoms with Crippen molar-refractivity contribution in [3.63, 3.8) is 0 Å². The molecular weight excluding hydrogens is 202 g/mol. The van der Waals surface area contributed by atoms with E-state index in [-0.39, 0.29) is 0 Å². The number of aliphatic carboxylic acids is 1. The summed E-state index contributed by atoms with van der Waals surface area (Å²) >= 11 is 0. The van der Waals surface area contributed by atoms with Gasteiger partial charge in [0, 0.05) is 12.1 Å². The van der Waals surface area contributed by atoms with E-state index in [1.54, 1.807) is 13.0 Å². The van der Waals surface area contributed by atoms with Gasteiger partial charge in [0.15, 0.2) is 0 Å². The Morgan fingerprint density at radius 1 is 1.38 bits per heavy atom. The molecule has 2 N–H and O–H groups in total. The van der Waals surface area contributed by atoms with E-state index in [4.69, 9.17) is 5.11 Å². The predicted octanol–water partition coefficient (Wildman–Crippen LogP) is 1.85. The Labute approximate surface area is 95.8 Å². The second-order valence-corrected chi connectivity index (χ2v) is 3.63. The van der Waals surface area contributed by atoms with Gasteiger partial charge in [-0.25, -0.2) is 4.79 Å².